The number of nitrogens with zero attached hydrogens (tertiary/aromatic N) is 1. The maximum absolute atomic E-state index is 13.4. The minimum absolute atomic E-state index is 0.0852. The first-order valence-corrected chi connectivity index (χ1v) is 8.97. The molecule has 3 heteroatoms. The lowest BCUT2D eigenvalue weighted by atomic mass is 9.89. The van der Waals surface area contributed by atoms with Crippen molar-refractivity contribution in [2.24, 2.45) is 0 Å². The highest BCUT2D eigenvalue weighted by molar-refractivity contribution is 6.11. The summed E-state index contributed by atoms with van der Waals surface area (Å²) >= 11 is 0. The summed E-state index contributed by atoms with van der Waals surface area (Å²) in [4.78, 5) is 15.4. The molecular formula is C22H24N2O. The molecule has 4 rings (SSSR count). The van der Waals surface area contributed by atoms with Gasteiger partial charge in [-0.05, 0) is 56.9 Å². The molecule has 2 aliphatic heterocycles. The largest absolute Gasteiger partial charge is 0.376 e. The van der Waals surface area contributed by atoms with Crippen molar-refractivity contribution in [1.29, 1.82) is 0 Å². The van der Waals surface area contributed by atoms with Gasteiger partial charge in [0.2, 0.25) is 0 Å². The van der Waals surface area contributed by atoms with E-state index in [1.165, 1.54) is 11.1 Å². The molecule has 2 heterocycles. The Hall–Kier alpha value is -2.55. The molecule has 0 fully saturated rings. The SMILES string of the molecule is CC1=CC(C)(C)Nc2c(C(=O)N3CCCc4ccccc43)cccc21. The van der Waals surface area contributed by atoms with Crippen LogP contribution >= 0.6 is 0 Å². The summed E-state index contributed by atoms with van der Waals surface area (Å²) in [5, 5.41) is 3.56. The highest BCUT2D eigenvalue weighted by atomic mass is 16.2. The molecule has 0 unspecified atom stereocenters. The average molecular weight is 332 g/mol. The summed E-state index contributed by atoms with van der Waals surface area (Å²) < 4.78 is 0. The standard InChI is InChI=1S/C22H24N2O/c1-15-14-22(2,3)23-20-17(15)10-6-11-18(20)21(25)24-13-7-9-16-8-4-5-12-19(16)24/h4-6,8,10-12,14,23H,7,9,13H2,1-3H3. The van der Waals surface area contributed by atoms with Crippen LogP contribution in [-0.2, 0) is 6.42 Å². The van der Waals surface area contributed by atoms with Crippen LogP contribution in [0.4, 0.5) is 11.4 Å². The quantitative estimate of drug-likeness (QED) is 0.806. The number of hydrogen-bond donors (Lipinski definition) is 1. The van der Waals surface area contributed by atoms with Crippen molar-refractivity contribution in [2.75, 3.05) is 16.8 Å². The first-order chi connectivity index (χ1) is 12.0. The van der Waals surface area contributed by atoms with E-state index in [9.17, 15) is 4.79 Å². The molecule has 0 bridgehead atoms. The van der Waals surface area contributed by atoms with Gasteiger partial charge in [0.1, 0.15) is 0 Å². The predicted octanol–water partition coefficient (Wildman–Crippen LogP) is 4.89. The average Bonchev–Trinajstić information content (AvgIpc) is 2.59. The molecule has 0 radical (unpaired) electrons. The minimum atomic E-state index is -0.159. The zero-order chi connectivity index (χ0) is 17.6. The molecule has 0 saturated carbocycles. The van der Waals surface area contributed by atoms with E-state index in [0.29, 0.717) is 0 Å². The number of carbonyl (C=O) groups is 1. The number of fused-ring (bicyclic) bond motifs is 2. The van der Waals surface area contributed by atoms with Crippen LogP contribution in [0.15, 0.2) is 48.5 Å². The summed E-state index contributed by atoms with van der Waals surface area (Å²) in [6, 6.07) is 14.3. The van der Waals surface area contributed by atoms with E-state index in [1.54, 1.807) is 0 Å². The van der Waals surface area contributed by atoms with Crippen molar-refractivity contribution in [3.05, 3.63) is 65.2 Å². The van der Waals surface area contributed by atoms with Gasteiger partial charge in [-0.15, -0.1) is 0 Å². The van der Waals surface area contributed by atoms with Gasteiger partial charge in [0, 0.05) is 17.8 Å². The Balaban J connectivity index is 1.79. The minimum Gasteiger partial charge on any atom is -0.376 e. The van der Waals surface area contributed by atoms with Crippen molar-refractivity contribution >= 4 is 22.9 Å². The normalized spacial score (nSPS) is 17.9. The second-order valence-corrected chi connectivity index (χ2v) is 7.59. The molecule has 2 aromatic carbocycles. The molecule has 0 aromatic heterocycles. The highest BCUT2D eigenvalue weighted by Gasteiger charge is 2.30. The molecule has 25 heavy (non-hydrogen) atoms. The maximum atomic E-state index is 13.4. The maximum Gasteiger partial charge on any atom is 0.260 e. The van der Waals surface area contributed by atoms with Crippen LogP contribution in [0.3, 0.4) is 0 Å². The van der Waals surface area contributed by atoms with Gasteiger partial charge in [-0.3, -0.25) is 4.79 Å². The van der Waals surface area contributed by atoms with Crippen molar-refractivity contribution in [2.45, 2.75) is 39.2 Å². The lowest BCUT2D eigenvalue weighted by Gasteiger charge is -2.34. The summed E-state index contributed by atoms with van der Waals surface area (Å²) in [5.41, 5.74) is 6.21. The molecule has 128 valence electrons. The fraction of sp³-hybridized carbons (Fsp3) is 0.318. The summed E-state index contributed by atoms with van der Waals surface area (Å²) in [6.07, 6.45) is 4.27. The molecule has 2 aromatic rings. The number of aryl methyl sites for hydroxylation is 1. The summed E-state index contributed by atoms with van der Waals surface area (Å²) in [5.74, 6) is 0.0852. The lowest BCUT2D eigenvalue weighted by molar-refractivity contribution is 0.0986. The van der Waals surface area contributed by atoms with E-state index in [2.05, 4.69) is 56.4 Å². The Morgan fingerprint density at radius 2 is 1.92 bits per heavy atom. The Labute approximate surface area is 149 Å². The second kappa shape index (κ2) is 5.76. The van der Waals surface area contributed by atoms with Crippen molar-refractivity contribution in [3.8, 4) is 0 Å². The highest BCUT2D eigenvalue weighted by Crippen LogP contribution is 2.37. The summed E-state index contributed by atoms with van der Waals surface area (Å²) in [7, 11) is 0. The smallest absolute Gasteiger partial charge is 0.260 e. The van der Waals surface area contributed by atoms with Gasteiger partial charge in [-0.25, -0.2) is 0 Å². The number of amides is 1. The molecule has 1 N–H and O–H groups in total. The molecule has 0 atom stereocenters. The van der Waals surface area contributed by atoms with E-state index >= 15 is 0 Å². The van der Waals surface area contributed by atoms with E-state index in [0.717, 1.165) is 41.9 Å². The van der Waals surface area contributed by atoms with Gasteiger partial charge in [-0.2, -0.15) is 0 Å². The Morgan fingerprint density at radius 3 is 2.76 bits per heavy atom. The number of rotatable bonds is 1. The van der Waals surface area contributed by atoms with Crippen LogP contribution in [0.25, 0.3) is 5.57 Å². The van der Waals surface area contributed by atoms with Crippen LogP contribution in [0.5, 0.6) is 0 Å². The lowest BCUT2D eigenvalue weighted by Crippen LogP contribution is -2.38. The van der Waals surface area contributed by atoms with Crippen LogP contribution < -0.4 is 10.2 Å². The fourth-order valence-electron chi connectivity index (χ4n) is 4.06. The van der Waals surface area contributed by atoms with Gasteiger partial charge < -0.3 is 10.2 Å². The van der Waals surface area contributed by atoms with Crippen LogP contribution in [0.2, 0.25) is 0 Å². The second-order valence-electron chi connectivity index (χ2n) is 7.59. The van der Waals surface area contributed by atoms with E-state index in [4.69, 9.17) is 0 Å². The number of anilines is 2. The zero-order valence-corrected chi connectivity index (χ0v) is 15.1. The van der Waals surface area contributed by atoms with Gasteiger partial charge in [0.15, 0.2) is 0 Å². The zero-order valence-electron chi connectivity index (χ0n) is 15.1. The number of hydrogen-bond acceptors (Lipinski definition) is 2. The van der Waals surface area contributed by atoms with Crippen LogP contribution in [0.1, 0.15) is 48.7 Å². The number of benzene rings is 2. The van der Waals surface area contributed by atoms with Gasteiger partial charge in [-0.1, -0.05) is 36.4 Å². The van der Waals surface area contributed by atoms with E-state index in [-0.39, 0.29) is 11.4 Å². The third kappa shape index (κ3) is 2.74. The van der Waals surface area contributed by atoms with Gasteiger partial charge in [0.25, 0.3) is 5.91 Å². The van der Waals surface area contributed by atoms with Crippen molar-refractivity contribution in [3.63, 3.8) is 0 Å². The fourth-order valence-corrected chi connectivity index (χ4v) is 4.06. The molecular weight excluding hydrogens is 308 g/mol. The predicted molar refractivity (Wildman–Crippen MR) is 104 cm³/mol. The number of allylic oxidation sites excluding steroid dienone is 1. The number of para-hydroxylation sites is 2. The molecule has 1 amide bonds. The number of carbonyl (C=O) groups excluding carboxylic acids is 1. The molecule has 0 spiro atoms. The molecule has 0 saturated heterocycles. The van der Waals surface area contributed by atoms with Gasteiger partial charge in [0.05, 0.1) is 16.8 Å². The first kappa shape index (κ1) is 15.9. The van der Waals surface area contributed by atoms with Crippen LogP contribution in [0, 0.1) is 0 Å². The monoisotopic (exact) mass is 332 g/mol. The third-order valence-corrected chi connectivity index (χ3v) is 5.10. The Morgan fingerprint density at radius 1 is 1.12 bits per heavy atom. The van der Waals surface area contributed by atoms with Crippen molar-refractivity contribution in [1.82, 2.24) is 0 Å². The van der Waals surface area contributed by atoms with Gasteiger partial charge >= 0.3 is 0 Å². The Bertz CT molecular complexity index is 879. The van der Waals surface area contributed by atoms with Crippen LogP contribution in [-0.4, -0.2) is 18.0 Å². The molecule has 0 aliphatic carbocycles. The van der Waals surface area contributed by atoms with Crippen molar-refractivity contribution < 1.29 is 4.79 Å². The number of nitrogens with one attached hydrogen (secondary N) is 1. The Kier molecular flexibility index (Phi) is 3.68. The van der Waals surface area contributed by atoms with E-state index in [1.807, 2.05) is 23.1 Å². The topological polar surface area (TPSA) is 32.3 Å². The third-order valence-electron chi connectivity index (χ3n) is 5.10. The molecule has 2 aliphatic rings. The summed E-state index contributed by atoms with van der Waals surface area (Å²) in [6.45, 7) is 7.16. The first-order valence-electron chi connectivity index (χ1n) is 8.97. The molecule has 3 nitrogen and oxygen atoms in total. The van der Waals surface area contributed by atoms with E-state index < -0.39 is 0 Å².